The highest BCUT2D eigenvalue weighted by Crippen LogP contribution is 2.27. The Morgan fingerprint density at radius 2 is 1.76 bits per heavy atom. The Morgan fingerprint density at radius 3 is 2.29 bits per heavy atom. The van der Waals surface area contributed by atoms with Gasteiger partial charge >= 0.3 is 0 Å². The predicted octanol–water partition coefficient (Wildman–Crippen LogP) is 1.77. The summed E-state index contributed by atoms with van der Waals surface area (Å²) in [4.78, 5) is 0. The van der Waals surface area contributed by atoms with Crippen LogP contribution >= 0.6 is 0 Å². The maximum absolute atomic E-state index is 9.91. The third-order valence-electron chi connectivity index (χ3n) is 3.02. The van der Waals surface area contributed by atoms with Crippen molar-refractivity contribution in [2.24, 2.45) is 5.92 Å². The Morgan fingerprint density at radius 1 is 1.12 bits per heavy atom. The van der Waals surface area contributed by atoms with Gasteiger partial charge in [0.25, 0.3) is 0 Å². The lowest BCUT2D eigenvalue weighted by atomic mass is 10.0. The third-order valence-corrected chi connectivity index (χ3v) is 3.02. The van der Waals surface area contributed by atoms with E-state index in [2.05, 4.69) is 26.1 Å². The summed E-state index contributed by atoms with van der Waals surface area (Å²) in [6.07, 6.45) is -0.692. The minimum atomic E-state index is -0.692. The highest BCUT2D eigenvalue weighted by atomic mass is 16.3. The van der Waals surface area contributed by atoms with Crippen molar-refractivity contribution in [2.45, 2.75) is 32.9 Å². The predicted molar refractivity (Wildman–Crippen MR) is 67.0 cm³/mol. The Labute approximate surface area is 102 Å². The van der Waals surface area contributed by atoms with Crippen LogP contribution in [0, 0.1) is 5.92 Å². The molecule has 0 aliphatic carbocycles. The first kappa shape index (κ1) is 13.8. The summed E-state index contributed by atoms with van der Waals surface area (Å²) in [6.45, 7) is 6.70. The highest BCUT2D eigenvalue weighted by molar-refractivity contribution is 5.41. The molecule has 4 heteroatoms. The molecule has 0 heterocycles. The summed E-state index contributed by atoms with van der Waals surface area (Å²) in [7, 11) is 0. The number of aliphatic hydroxyl groups is 1. The second-order valence-corrected chi connectivity index (χ2v) is 4.70. The Balaban J connectivity index is 2.58. The van der Waals surface area contributed by atoms with Crippen LogP contribution in [0.3, 0.4) is 0 Å². The fourth-order valence-corrected chi connectivity index (χ4v) is 1.40. The van der Waals surface area contributed by atoms with Gasteiger partial charge in [-0.05, 0) is 30.5 Å². The van der Waals surface area contributed by atoms with Crippen LogP contribution in [0.15, 0.2) is 18.2 Å². The van der Waals surface area contributed by atoms with Gasteiger partial charge in [-0.1, -0.05) is 19.9 Å². The van der Waals surface area contributed by atoms with Crippen molar-refractivity contribution in [3.63, 3.8) is 0 Å². The van der Waals surface area contributed by atoms with Crippen molar-refractivity contribution >= 4 is 0 Å². The quantitative estimate of drug-likeness (QED) is 0.591. The maximum atomic E-state index is 9.91. The van der Waals surface area contributed by atoms with E-state index in [1.165, 1.54) is 12.1 Å². The number of aromatic hydroxyl groups is 2. The van der Waals surface area contributed by atoms with E-state index in [9.17, 15) is 10.2 Å². The molecule has 0 bridgehead atoms. The molecule has 0 saturated carbocycles. The topological polar surface area (TPSA) is 72.7 Å². The van der Waals surface area contributed by atoms with Crippen LogP contribution in [-0.2, 0) is 0 Å². The van der Waals surface area contributed by atoms with E-state index in [0.717, 1.165) is 0 Å². The molecule has 0 spiro atoms. The number of hydrogen-bond donors (Lipinski definition) is 4. The summed E-state index contributed by atoms with van der Waals surface area (Å²) in [5.74, 6) is 0.110. The van der Waals surface area contributed by atoms with Crippen LogP contribution in [0.4, 0.5) is 0 Å². The number of phenolic OH excluding ortho intramolecular Hbond substituents is 2. The molecule has 4 nitrogen and oxygen atoms in total. The Kier molecular flexibility index (Phi) is 4.78. The molecule has 0 aromatic heterocycles. The summed E-state index contributed by atoms with van der Waals surface area (Å²) in [5.41, 5.74) is 0.587. The molecular formula is C13H21NO3. The summed E-state index contributed by atoms with van der Waals surface area (Å²) >= 11 is 0. The number of nitrogens with one attached hydrogen (secondary N) is 1. The van der Waals surface area contributed by atoms with Crippen molar-refractivity contribution in [3.05, 3.63) is 23.8 Å². The van der Waals surface area contributed by atoms with Gasteiger partial charge in [0.1, 0.15) is 0 Å². The van der Waals surface area contributed by atoms with Gasteiger partial charge in [0.05, 0.1) is 6.10 Å². The SMILES string of the molecule is CC(C)C(C)NCC(O)c1ccc(O)c(O)c1. The van der Waals surface area contributed by atoms with E-state index in [1.54, 1.807) is 6.07 Å². The minimum absolute atomic E-state index is 0.176. The lowest BCUT2D eigenvalue weighted by Crippen LogP contribution is -2.34. The third kappa shape index (κ3) is 3.91. The van der Waals surface area contributed by atoms with E-state index in [1.807, 2.05) is 0 Å². The molecule has 0 saturated heterocycles. The van der Waals surface area contributed by atoms with Gasteiger partial charge in [0.15, 0.2) is 11.5 Å². The number of benzene rings is 1. The first-order valence-corrected chi connectivity index (χ1v) is 5.85. The zero-order valence-corrected chi connectivity index (χ0v) is 10.5. The Bertz CT molecular complexity index is 366. The number of rotatable bonds is 5. The first-order chi connectivity index (χ1) is 7.91. The van der Waals surface area contributed by atoms with Crippen LogP contribution in [0.5, 0.6) is 11.5 Å². The van der Waals surface area contributed by atoms with Crippen molar-refractivity contribution < 1.29 is 15.3 Å². The van der Waals surface area contributed by atoms with Crippen LogP contribution in [0.2, 0.25) is 0 Å². The molecule has 0 aliphatic heterocycles. The first-order valence-electron chi connectivity index (χ1n) is 5.85. The second-order valence-electron chi connectivity index (χ2n) is 4.70. The largest absolute Gasteiger partial charge is 0.504 e. The zero-order chi connectivity index (χ0) is 13.0. The standard InChI is InChI=1S/C13H21NO3/c1-8(2)9(3)14-7-13(17)10-4-5-11(15)12(16)6-10/h4-6,8-9,13-17H,7H2,1-3H3. The monoisotopic (exact) mass is 239 g/mol. The molecule has 17 heavy (non-hydrogen) atoms. The maximum Gasteiger partial charge on any atom is 0.157 e. The molecule has 0 radical (unpaired) electrons. The zero-order valence-electron chi connectivity index (χ0n) is 10.5. The molecule has 2 unspecified atom stereocenters. The second kappa shape index (κ2) is 5.89. The van der Waals surface area contributed by atoms with Crippen LogP contribution in [-0.4, -0.2) is 27.9 Å². The number of phenols is 2. The van der Waals surface area contributed by atoms with E-state index in [4.69, 9.17) is 5.11 Å². The van der Waals surface area contributed by atoms with Gasteiger partial charge in [-0.25, -0.2) is 0 Å². The van der Waals surface area contributed by atoms with Crippen molar-refractivity contribution in [2.75, 3.05) is 6.54 Å². The lowest BCUT2D eigenvalue weighted by Gasteiger charge is -2.20. The van der Waals surface area contributed by atoms with E-state index in [0.29, 0.717) is 24.1 Å². The molecule has 0 aliphatic rings. The molecular weight excluding hydrogens is 218 g/mol. The molecule has 96 valence electrons. The van der Waals surface area contributed by atoms with Gasteiger partial charge in [-0.3, -0.25) is 0 Å². The smallest absolute Gasteiger partial charge is 0.157 e. The molecule has 1 aromatic rings. The summed E-state index contributed by atoms with van der Waals surface area (Å²) in [6, 6.07) is 4.67. The molecule has 0 amide bonds. The van der Waals surface area contributed by atoms with Crippen LogP contribution in [0.25, 0.3) is 0 Å². The van der Waals surface area contributed by atoms with E-state index >= 15 is 0 Å². The summed E-state index contributed by atoms with van der Waals surface area (Å²) in [5, 5.41) is 31.6. The van der Waals surface area contributed by atoms with E-state index in [-0.39, 0.29) is 11.5 Å². The van der Waals surface area contributed by atoms with Crippen molar-refractivity contribution in [3.8, 4) is 11.5 Å². The average Bonchev–Trinajstić information content (AvgIpc) is 2.28. The normalized spacial score (nSPS) is 14.9. The molecule has 1 aromatic carbocycles. The van der Waals surface area contributed by atoms with Gasteiger partial charge in [-0.15, -0.1) is 0 Å². The molecule has 1 rings (SSSR count). The van der Waals surface area contributed by atoms with E-state index < -0.39 is 6.10 Å². The van der Waals surface area contributed by atoms with Gasteiger partial charge < -0.3 is 20.6 Å². The Hall–Kier alpha value is -1.26. The summed E-state index contributed by atoms with van der Waals surface area (Å²) < 4.78 is 0. The van der Waals surface area contributed by atoms with Gasteiger partial charge in [0.2, 0.25) is 0 Å². The van der Waals surface area contributed by atoms with Crippen LogP contribution < -0.4 is 5.32 Å². The lowest BCUT2D eigenvalue weighted by molar-refractivity contribution is 0.166. The number of hydrogen-bond acceptors (Lipinski definition) is 4. The average molecular weight is 239 g/mol. The van der Waals surface area contributed by atoms with Gasteiger partial charge in [-0.2, -0.15) is 0 Å². The molecule has 4 N–H and O–H groups in total. The van der Waals surface area contributed by atoms with Crippen molar-refractivity contribution in [1.82, 2.24) is 5.32 Å². The fourth-order valence-electron chi connectivity index (χ4n) is 1.40. The van der Waals surface area contributed by atoms with Gasteiger partial charge in [0, 0.05) is 12.6 Å². The molecule has 0 fully saturated rings. The van der Waals surface area contributed by atoms with Crippen molar-refractivity contribution in [1.29, 1.82) is 0 Å². The number of aliphatic hydroxyl groups excluding tert-OH is 1. The van der Waals surface area contributed by atoms with Crippen LogP contribution in [0.1, 0.15) is 32.4 Å². The minimum Gasteiger partial charge on any atom is -0.504 e. The molecule has 2 atom stereocenters. The fraction of sp³-hybridized carbons (Fsp3) is 0.538. The highest BCUT2D eigenvalue weighted by Gasteiger charge is 2.12.